The number of rotatable bonds is 6. The Morgan fingerprint density at radius 3 is 2.50 bits per heavy atom. The molecule has 0 saturated heterocycles. The Balaban J connectivity index is 1.81. The third-order valence-corrected chi connectivity index (χ3v) is 4.86. The van der Waals surface area contributed by atoms with Crippen molar-refractivity contribution in [1.82, 2.24) is 4.98 Å². The molecule has 1 aromatic heterocycles. The highest BCUT2D eigenvalue weighted by Crippen LogP contribution is 2.22. The number of carbonyl (C=O) groups excluding carboxylic acids is 1. The summed E-state index contributed by atoms with van der Waals surface area (Å²) in [5.41, 5.74) is 1.83. The van der Waals surface area contributed by atoms with Crippen LogP contribution in [-0.2, 0) is 11.3 Å². The quantitative estimate of drug-likeness (QED) is 0.618. The molecule has 3 aromatic rings. The largest absolute Gasteiger partial charge is 0.481 e. The Hall–Kier alpha value is -3.24. The molecule has 0 aliphatic rings. The summed E-state index contributed by atoms with van der Waals surface area (Å²) in [5, 5.41) is 11.7. The molecule has 0 aliphatic heterocycles. The molecule has 1 amide bonds. The first kappa shape index (κ1) is 19.5. The maximum atomic E-state index is 13.3. The summed E-state index contributed by atoms with van der Waals surface area (Å²) in [5.74, 6) is -0.160. The predicted molar refractivity (Wildman–Crippen MR) is 106 cm³/mol. The number of hydrogen-bond donors (Lipinski definition) is 0. The summed E-state index contributed by atoms with van der Waals surface area (Å²) in [6, 6.07) is 14.3. The van der Waals surface area contributed by atoms with Gasteiger partial charge in [0.25, 0.3) is 5.91 Å². The summed E-state index contributed by atoms with van der Waals surface area (Å²) in [7, 11) is 0. The number of hydrogen-bond acceptors (Lipinski definition) is 5. The van der Waals surface area contributed by atoms with Crippen LogP contribution < -0.4 is 9.64 Å². The van der Waals surface area contributed by atoms with Gasteiger partial charge >= 0.3 is 0 Å². The Labute approximate surface area is 166 Å². The fourth-order valence-corrected chi connectivity index (χ4v) is 3.25. The lowest BCUT2D eigenvalue weighted by Crippen LogP contribution is -2.40. The summed E-state index contributed by atoms with van der Waals surface area (Å²) >= 11 is 1.50. The molecule has 0 fully saturated rings. The van der Waals surface area contributed by atoms with Gasteiger partial charge in [-0.3, -0.25) is 4.79 Å². The molecule has 2 aromatic carbocycles. The third kappa shape index (κ3) is 4.72. The summed E-state index contributed by atoms with van der Waals surface area (Å²) in [4.78, 5) is 19.0. The maximum Gasteiger partial charge on any atom is 0.268 e. The molecular formula is C21H18FN3O2S. The lowest BCUT2D eigenvalue weighted by molar-refractivity contribution is -0.124. The zero-order valence-electron chi connectivity index (χ0n) is 15.4. The lowest BCUT2D eigenvalue weighted by Gasteiger charge is -2.25. The van der Waals surface area contributed by atoms with Crippen LogP contribution in [0, 0.1) is 24.1 Å². The monoisotopic (exact) mass is 395 g/mol. The number of aryl methyl sites for hydroxylation is 1. The zero-order chi connectivity index (χ0) is 20.1. The Morgan fingerprint density at radius 1 is 1.25 bits per heavy atom. The van der Waals surface area contributed by atoms with Crippen LogP contribution in [0.3, 0.4) is 0 Å². The topological polar surface area (TPSA) is 66.2 Å². The lowest BCUT2D eigenvalue weighted by atomic mass is 10.2. The number of nitriles is 1. The van der Waals surface area contributed by atoms with Gasteiger partial charge in [-0.15, -0.1) is 11.3 Å². The van der Waals surface area contributed by atoms with Gasteiger partial charge < -0.3 is 9.64 Å². The van der Waals surface area contributed by atoms with Crippen molar-refractivity contribution in [1.29, 1.82) is 5.26 Å². The molecule has 28 heavy (non-hydrogen) atoms. The van der Waals surface area contributed by atoms with Gasteiger partial charge in [-0.25, -0.2) is 9.37 Å². The van der Waals surface area contributed by atoms with Crippen LogP contribution in [0.2, 0.25) is 0 Å². The smallest absolute Gasteiger partial charge is 0.268 e. The van der Waals surface area contributed by atoms with Crippen LogP contribution in [-0.4, -0.2) is 17.0 Å². The first-order chi connectivity index (χ1) is 13.5. The molecule has 1 atom stereocenters. The summed E-state index contributed by atoms with van der Waals surface area (Å²) < 4.78 is 19.1. The van der Waals surface area contributed by atoms with Crippen molar-refractivity contribution in [2.45, 2.75) is 26.5 Å². The van der Waals surface area contributed by atoms with Crippen molar-refractivity contribution >= 4 is 22.9 Å². The van der Waals surface area contributed by atoms with Gasteiger partial charge in [0, 0.05) is 11.1 Å². The maximum absolute atomic E-state index is 13.3. The van der Waals surface area contributed by atoms with Crippen LogP contribution in [0.25, 0.3) is 0 Å². The molecule has 7 heteroatoms. The van der Waals surface area contributed by atoms with E-state index in [2.05, 4.69) is 4.98 Å². The molecule has 5 nitrogen and oxygen atoms in total. The third-order valence-electron chi connectivity index (χ3n) is 4.04. The molecule has 0 N–H and O–H groups in total. The van der Waals surface area contributed by atoms with Crippen LogP contribution in [0.15, 0.2) is 53.9 Å². The standard InChI is InChI=1S/C21H18FN3O2S/c1-14(27-20-9-3-16(11-23)4-10-20)21(26)25(12-18-13-28-15(2)24-18)19-7-5-17(22)6-8-19/h3-10,13-14H,12H2,1-2H3. The fraction of sp³-hybridized carbons (Fsp3) is 0.190. The number of nitrogens with zero attached hydrogens (tertiary/aromatic N) is 3. The molecule has 0 saturated carbocycles. The second-order valence-corrected chi connectivity index (χ2v) is 7.22. The number of halogens is 1. The first-order valence-corrected chi connectivity index (χ1v) is 9.49. The second-order valence-electron chi connectivity index (χ2n) is 6.15. The number of carbonyl (C=O) groups is 1. The minimum atomic E-state index is -0.780. The normalized spacial score (nSPS) is 11.5. The Kier molecular flexibility index (Phi) is 6.02. The second kappa shape index (κ2) is 8.63. The van der Waals surface area contributed by atoms with Crippen molar-refractivity contribution in [2.24, 2.45) is 0 Å². The van der Waals surface area contributed by atoms with Gasteiger partial charge in [0.15, 0.2) is 6.10 Å². The SMILES string of the molecule is Cc1nc(CN(C(=O)C(C)Oc2ccc(C#N)cc2)c2ccc(F)cc2)cs1. The van der Waals surface area contributed by atoms with Crippen molar-refractivity contribution in [3.63, 3.8) is 0 Å². The van der Waals surface area contributed by atoms with E-state index in [1.807, 2.05) is 18.4 Å². The number of amides is 1. The van der Waals surface area contributed by atoms with Gasteiger partial charge in [-0.2, -0.15) is 5.26 Å². The van der Waals surface area contributed by atoms with Crippen LogP contribution in [0.1, 0.15) is 23.2 Å². The van der Waals surface area contributed by atoms with Crippen molar-refractivity contribution in [3.05, 3.63) is 76.0 Å². The number of thiazole rings is 1. The van der Waals surface area contributed by atoms with E-state index in [9.17, 15) is 9.18 Å². The first-order valence-electron chi connectivity index (χ1n) is 8.61. The highest BCUT2D eigenvalue weighted by atomic mass is 32.1. The Morgan fingerprint density at radius 2 is 1.93 bits per heavy atom. The van der Waals surface area contributed by atoms with Gasteiger partial charge in [-0.05, 0) is 62.4 Å². The van der Waals surface area contributed by atoms with E-state index in [1.54, 1.807) is 43.3 Å². The average molecular weight is 395 g/mol. The number of ether oxygens (including phenoxy) is 1. The highest BCUT2D eigenvalue weighted by Gasteiger charge is 2.24. The van der Waals surface area contributed by atoms with Crippen molar-refractivity contribution in [3.8, 4) is 11.8 Å². The number of benzene rings is 2. The summed E-state index contributed by atoms with van der Waals surface area (Å²) in [6.07, 6.45) is -0.780. The average Bonchev–Trinajstić information content (AvgIpc) is 3.12. The summed E-state index contributed by atoms with van der Waals surface area (Å²) in [6.45, 7) is 3.81. The predicted octanol–water partition coefficient (Wildman–Crippen LogP) is 4.46. The van der Waals surface area contributed by atoms with E-state index in [1.165, 1.54) is 28.4 Å². The van der Waals surface area contributed by atoms with Crippen molar-refractivity contribution in [2.75, 3.05) is 4.90 Å². The molecule has 0 bridgehead atoms. The highest BCUT2D eigenvalue weighted by molar-refractivity contribution is 7.09. The number of aromatic nitrogens is 1. The van der Waals surface area contributed by atoms with Gasteiger partial charge in [0.1, 0.15) is 11.6 Å². The van der Waals surface area contributed by atoms with Gasteiger partial charge in [0.05, 0.1) is 28.9 Å². The fourth-order valence-electron chi connectivity index (χ4n) is 2.64. The molecule has 142 valence electrons. The molecule has 1 heterocycles. The molecular weight excluding hydrogens is 377 g/mol. The Bertz CT molecular complexity index is 994. The molecule has 0 spiro atoms. The van der Waals surface area contributed by atoms with Crippen molar-refractivity contribution < 1.29 is 13.9 Å². The van der Waals surface area contributed by atoms with E-state index in [4.69, 9.17) is 10.00 Å². The van der Waals surface area contributed by atoms with Crippen LogP contribution >= 0.6 is 11.3 Å². The van der Waals surface area contributed by atoms with E-state index in [0.29, 0.717) is 17.0 Å². The van der Waals surface area contributed by atoms with E-state index in [0.717, 1.165) is 10.7 Å². The number of anilines is 1. The van der Waals surface area contributed by atoms with Crippen LogP contribution in [0.5, 0.6) is 5.75 Å². The van der Waals surface area contributed by atoms with E-state index < -0.39 is 6.10 Å². The van der Waals surface area contributed by atoms with Gasteiger partial charge in [-0.1, -0.05) is 0 Å². The van der Waals surface area contributed by atoms with Crippen LogP contribution in [0.4, 0.5) is 10.1 Å². The van der Waals surface area contributed by atoms with Gasteiger partial charge in [0.2, 0.25) is 0 Å². The molecule has 3 rings (SSSR count). The molecule has 0 aliphatic carbocycles. The molecule has 0 radical (unpaired) electrons. The minimum absolute atomic E-state index is 0.260. The van der Waals surface area contributed by atoms with E-state index >= 15 is 0 Å². The zero-order valence-corrected chi connectivity index (χ0v) is 16.2. The van der Waals surface area contributed by atoms with E-state index in [-0.39, 0.29) is 18.3 Å². The minimum Gasteiger partial charge on any atom is -0.481 e. The molecule has 1 unspecified atom stereocenters.